The van der Waals surface area contributed by atoms with Crippen LogP contribution in [0.1, 0.15) is 58.4 Å². The number of hydrogen-bond acceptors (Lipinski definition) is 5. The lowest BCUT2D eigenvalue weighted by Gasteiger charge is -2.22. The van der Waals surface area contributed by atoms with E-state index in [1.165, 1.54) is 5.56 Å². The molecule has 32 heavy (non-hydrogen) atoms. The Hall–Kier alpha value is -2.70. The Bertz CT molecular complexity index is 1020. The number of rotatable bonds is 11. The number of para-hydroxylation sites is 1. The minimum Gasteiger partial charge on any atom is -0.486 e. The molecule has 1 amide bonds. The molecule has 0 unspecified atom stereocenters. The lowest BCUT2D eigenvalue weighted by molar-refractivity contribution is 0.0721. The molecule has 0 N–H and O–H groups in total. The number of amides is 1. The molecular formula is C26H32N2O3S. The summed E-state index contributed by atoms with van der Waals surface area (Å²) in [6.45, 7) is 8.44. The summed E-state index contributed by atoms with van der Waals surface area (Å²) in [5, 5.41) is 2.92. The zero-order chi connectivity index (χ0) is 22.9. The van der Waals surface area contributed by atoms with Crippen molar-refractivity contribution in [1.82, 2.24) is 9.88 Å². The number of hydrogen-bond donors (Lipinski definition) is 0. The number of aryl methyl sites for hydroxylation is 1. The number of ether oxygens (including phenoxy) is 2. The van der Waals surface area contributed by atoms with Crippen LogP contribution in [0.15, 0.2) is 53.9 Å². The number of methoxy groups -OCH3 is 1. The zero-order valence-electron chi connectivity index (χ0n) is 19.3. The van der Waals surface area contributed by atoms with Crippen LogP contribution in [0.2, 0.25) is 0 Å². The third-order valence-corrected chi connectivity index (χ3v) is 6.04. The smallest absolute Gasteiger partial charge is 0.254 e. The van der Waals surface area contributed by atoms with E-state index in [9.17, 15) is 4.79 Å². The molecule has 6 heteroatoms. The normalized spacial score (nSPS) is 11.0. The highest BCUT2D eigenvalue weighted by Gasteiger charge is 2.18. The van der Waals surface area contributed by atoms with Crippen LogP contribution in [0, 0.1) is 6.92 Å². The summed E-state index contributed by atoms with van der Waals surface area (Å²) in [4.78, 5) is 19.7. The van der Waals surface area contributed by atoms with Crippen LogP contribution in [-0.2, 0) is 17.9 Å². The second kappa shape index (κ2) is 11.8. The molecule has 0 aliphatic rings. The van der Waals surface area contributed by atoms with Gasteiger partial charge in [-0.1, -0.05) is 49.7 Å². The fraction of sp³-hybridized carbons (Fsp3) is 0.385. The van der Waals surface area contributed by atoms with Crippen molar-refractivity contribution < 1.29 is 14.3 Å². The Balaban J connectivity index is 1.67. The molecule has 1 aromatic heterocycles. The molecule has 0 fully saturated rings. The molecule has 0 saturated carbocycles. The Labute approximate surface area is 195 Å². The summed E-state index contributed by atoms with van der Waals surface area (Å²) in [7, 11) is 1.68. The summed E-state index contributed by atoms with van der Waals surface area (Å²) in [6, 6.07) is 15.8. The first-order valence-electron chi connectivity index (χ1n) is 11.0. The van der Waals surface area contributed by atoms with Crippen LogP contribution < -0.4 is 4.74 Å². The number of thiazole rings is 1. The van der Waals surface area contributed by atoms with Crippen LogP contribution in [0.4, 0.5) is 0 Å². The first-order chi connectivity index (χ1) is 15.5. The first-order valence-corrected chi connectivity index (χ1v) is 11.9. The molecule has 0 saturated heterocycles. The van der Waals surface area contributed by atoms with Gasteiger partial charge in [-0.15, -0.1) is 11.3 Å². The summed E-state index contributed by atoms with van der Waals surface area (Å²) >= 11 is 1.56. The lowest BCUT2D eigenvalue weighted by Crippen LogP contribution is -2.32. The van der Waals surface area contributed by atoms with Gasteiger partial charge in [-0.3, -0.25) is 4.79 Å². The highest BCUT2D eigenvalue weighted by Crippen LogP contribution is 2.27. The van der Waals surface area contributed by atoms with Gasteiger partial charge in [0.25, 0.3) is 5.91 Å². The highest BCUT2D eigenvalue weighted by atomic mass is 32.1. The fourth-order valence-electron chi connectivity index (χ4n) is 3.52. The Morgan fingerprint density at radius 2 is 1.97 bits per heavy atom. The lowest BCUT2D eigenvalue weighted by atomic mass is 10.0. The Morgan fingerprint density at radius 3 is 2.72 bits per heavy atom. The molecule has 3 aromatic rings. The van der Waals surface area contributed by atoms with Crippen molar-refractivity contribution in [3.05, 3.63) is 81.3 Å². The van der Waals surface area contributed by atoms with Gasteiger partial charge in [0, 0.05) is 31.2 Å². The van der Waals surface area contributed by atoms with Gasteiger partial charge >= 0.3 is 0 Å². The van der Waals surface area contributed by atoms with Gasteiger partial charge in [-0.2, -0.15) is 0 Å². The number of nitrogens with zero attached hydrogens (tertiary/aromatic N) is 2. The average molecular weight is 453 g/mol. The van der Waals surface area contributed by atoms with Crippen LogP contribution in [0.3, 0.4) is 0 Å². The Kier molecular flexibility index (Phi) is 8.82. The maximum absolute atomic E-state index is 13.2. The second-order valence-electron chi connectivity index (χ2n) is 8.16. The summed E-state index contributed by atoms with van der Waals surface area (Å²) in [6.07, 6.45) is 0.778. The fourth-order valence-corrected chi connectivity index (χ4v) is 4.22. The van der Waals surface area contributed by atoms with Crippen LogP contribution in [0.25, 0.3) is 0 Å². The van der Waals surface area contributed by atoms with Gasteiger partial charge in [-0.25, -0.2) is 4.98 Å². The van der Waals surface area contributed by atoms with Crippen molar-refractivity contribution in [2.24, 2.45) is 0 Å². The highest BCUT2D eigenvalue weighted by molar-refractivity contribution is 7.09. The second-order valence-corrected chi connectivity index (χ2v) is 9.10. The number of aromatic nitrogens is 1. The van der Waals surface area contributed by atoms with E-state index in [-0.39, 0.29) is 5.91 Å². The molecular weight excluding hydrogens is 420 g/mol. The SMILES string of the molecule is COCCCN(Cc1csc(COc2ccccc2C(C)C)n1)C(=O)c1cccc(C)c1. The standard InChI is InChI=1S/C26H32N2O3S/c1-19(2)23-11-5-6-12-24(23)31-17-25-27-22(18-32-25)16-28(13-8-14-30-4)26(29)21-10-7-9-20(3)15-21/h5-7,9-12,15,18-19H,8,13-14,16-17H2,1-4H3. The van der Waals surface area contributed by atoms with E-state index >= 15 is 0 Å². The van der Waals surface area contributed by atoms with Crippen LogP contribution in [0.5, 0.6) is 5.75 Å². The van der Waals surface area contributed by atoms with E-state index < -0.39 is 0 Å². The van der Waals surface area contributed by atoms with Crippen molar-refractivity contribution in [2.75, 3.05) is 20.3 Å². The quantitative estimate of drug-likeness (QED) is 0.343. The van der Waals surface area contributed by atoms with Gasteiger partial charge in [0.1, 0.15) is 17.4 Å². The molecule has 0 atom stereocenters. The summed E-state index contributed by atoms with van der Waals surface area (Å²) in [5.41, 5.74) is 3.84. The van der Waals surface area contributed by atoms with E-state index in [0.29, 0.717) is 37.8 Å². The molecule has 0 aliphatic carbocycles. The van der Waals surface area contributed by atoms with Crippen molar-refractivity contribution in [3.63, 3.8) is 0 Å². The van der Waals surface area contributed by atoms with Crippen LogP contribution in [-0.4, -0.2) is 36.1 Å². The van der Waals surface area contributed by atoms with Crippen molar-refractivity contribution in [1.29, 1.82) is 0 Å². The molecule has 0 aliphatic heterocycles. The van der Waals surface area contributed by atoms with E-state index in [0.717, 1.165) is 28.4 Å². The molecule has 0 spiro atoms. The van der Waals surface area contributed by atoms with E-state index in [2.05, 4.69) is 19.9 Å². The van der Waals surface area contributed by atoms with Crippen molar-refractivity contribution >= 4 is 17.2 Å². The average Bonchev–Trinajstić information content (AvgIpc) is 3.24. The Morgan fingerprint density at radius 1 is 1.16 bits per heavy atom. The minimum absolute atomic E-state index is 0.0152. The largest absolute Gasteiger partial charge is 0.486 e. The molecule has 3 rings (SSSR count). The zero-order valence-corrected chi connectivity index (χ0v) is 20.2. The maximum atomic E-state index is 13.2. The third kappa shape index (κ3) is 6.65. The van der Waals surface area contributed by atoms with Gasteiger partial charge in [0.05, 0.1) is 12.2 Å². The molecule has 0 bridgehead atoms. The minimum atomic E-state index is 0.0152. The maximum Gasteiger partial charge on any atom is 0.254 e. The van der Waals surface area contributed by atoms with E-state index in [1.54, 1.807) is 18.4 Å². The van der Waals surface area contributed by atoms with E-state index in [4.69, 9.17) is 14.5 Å². The molecule has 170 valence electrons. The summed E-state index contributed by atoms with van der Waals surface area (Å²) in [5.74, 6) is 1.31. The predicted molar refractivity (Wildman–Crippen MR) is 129 cm³/mol. The van der Waals surface area contributed by atoms with Crippen molar-refractivity contribution in [3.8, 4) is 5.75 Å². The van der Waals surface area contributed by atoms with Gasteiger partial charge in [0.2, 0.25) is 0 Å². The molecule has 2 aromatic carbocycles. The van der Waals surface area contributed by atoms with Gasteiger partial charge < -0.3 is 14.4 Å². The van der Waals surface area contributed by atoms with Crippen molar-refractivity contribution in [2.45, 2.75) is 46.3 Å². The monoisotopic (exact) mass is 452 g/mol. The predicted octanol–water partition coefficient (Wildman–Crippen LogP) is 5.83. The molecule has 5 nitrogen and oxygen atoms in total. The molecule has 1 heterocycles. The topological polar surface area (TPSA) is 51.7 Å². The molecule has 0 radical (unpaired) electrons. The van der Waals surface area contributed by atoms with Crippen LogP contribution >= 0.6 is 11.3 Å². The summed E-state index contributed by atoms with van der Waals surface area (Å²) < 4.78 is 11.2. The number of benzene rings is 2. The first kappa shape index (κ1) is 24.0. The van der Waals surface area contributed by atoms with E-state index in [1.807, 2.05) is 59.7 Å². The van der Waals surface area contributed by atoms with Gasteiger partial charge in [0.15, 0.2) is 0 Å². The van der Waals surface area contributed by atoms with Gasteiger partial charge in [-0.05, 0) is 43.0 Å². The number of carbonyl (C=O) groups excluding carboxylic acids is 1. The number of carbonyl (C=O) groups is 1. The third-order valence-electron chi connectivity index (χ3n) is 5.17.